The number of fused-ring (bicyclic) bond motifs is 2. The van der Waals surface area contributed by atoms with E-state index in [1.165, 1.54) is 55.1 Å². The van der Waals surface area contributed by atoms with Gasteiger partial charge in [-0.25, -0.2) is 0 Å². The first kappa shape index (κ1) is 18.1. The highest BCUT2D eigenvalue weighted by atomic mass is 32.2. The summed E-state index contributed by atoms with van der Waals surface area (Å²) in [6.45, 7) is 4.77. The highest BCUT2D eigenvalue weighted by Gasteiger charge is 2.41. The van der Waals surface area contributed by atoms with Gasteiger partial charge in [-0.05, 0) is 69.1 Å². The lowest BCUT2D eigenvalue weighted by Crippen LogP contribution is -2.43. The summed E-state index contributed by atoms with van der Waals surface area (Å²) in [6, 6.07) is 20.1. The Morgan fingerprint density at radius 1 is 1.04 bits per heavy atom. The molecule has 0 aliphatic carbocycles. The first-order valence-electron chi connectivity index (χ1n) is 9.95. The van der Waals surface area contributed by atoms with Crippen molar-refractivity contribution in [2.75, 3.05) is 39.0 Å². The molecule has 0 aromatic heterocycles. The van der Waals surface area contributed by atoms with Gasteiger partial charge in [0.25, 0.3) is 0 Å². The SMILES string of the molecule is CNC[C@H](CCN1CCC2(CC1)CSc1ccccc12)c1ccccc1. The maximum absolute atomic E-state index is 3.38. The number of piperidine rings is 1. The van der Waals surface area contributed by atoms with Gasteiger partial charge in [-0.1, -0.05) is 48.5 Å². The summed E-state index contributed by atoms with van der Waals surface area (Å²) in [6.07, 6.45) is 3.88. The molecule has 26 heavy (non-hydrogen) atoms. The summed E-state index contributed by atoms with van der Waals surface area (Å²) in [5.41, 5.74) is 3.54. The van der Waals surface area contributed by atoms with Gasteiger partial charge in [0.1, 0.15) is 0 Å². The van der Waals surface area contributed by atoms with Crippen molar-refractivity contribution in [1.82, 2.24) is 10.2 Å². The zero-order valence-corrected chi connectivity index (χ0v) is 16.6. The second kappa shape index (κ2) is 8.16. The van der Waals surface area contributed by atoms with Crippen molar-refractivity contribution in [3.8, 4) is 0 Å². The third kappa shape index (κ3) is 3.71. The van der Waals surface area contributed by atoms with E-state index in [0.29, 0.717) is 11.3 Å². The normalized spacial score (nSPS) is 20.2. The number of nitrogens with one attached hydrogen (secondary N) is 1. The van der Waals surface area contributed by atoms with E-state index >= 15 is 0 Å². The van der Waals surface area contributed by atoms with Crippen molar-refractivity contribution in [3.63, 3.8) is 0 Å². The van der Waals surface area contributed by atoms with Gasteiger partial charge in [-0.15, -0.1) is 11.8 Å². The maximum atomic E-state index is 3.38. The van der Waals surface area contributed by atoms with Gasteiger partial charge in [0.05, 0.1) is 0 Å². The first-order chi connectivity index (χ1) is 12.8. The number of hydrogen-bond acceptors (Lipinski definition) is 3. The van der Waals surface area contributed by atoms with E-state index in [1.54, 1.807) is 5.56 Å². The smallest absolute Gasteiger partial charge is 0.0110 e. The van der Waals surface area contributed by atoms with Crippen molar-refractivity contribution >= 4 is 11.8 Å². The molecule has 2 heterocycles. The largest absolute Gasteiger partial charge is 0.319 e. The Bertz CT molecular complexity index is 707. The van der Waals surface area contributed by atoms with Crippen molar-refractivity contribution in [2.24, 2.45) is 0 Å². The summed E-state index contributed by atoms with van der Waals surface area (Å²) >= 11 is 2.07. The Hall–Kier alpha value is -1.29. The molecular weight excluding hydrogens is 336 g/mol. The third-order valence-corrected chi connectivity index (χ3v) is 7.65. The third-order valence-electron chi connectivity index (χ3n) is 6.29. The van der Waals surface area contributed by atoms with E-state index in [4.69, 9.17) is 0 Å². The molecule has 2 nitrogen and oxygen atoms in total. The molecule has 1 saturated heterocycles. The van der Waals surface area contributed by atoms with E-state index in [9.17, 15) is 0 Å². The predicted molar refractivity (Wildman–Crippen MR) is 112 cm³/mol. The molecule has 0 amide bonds. The molecule has 2 aromatic rings. The van der Waals surface area contributed by atoms with Gasteiger partial charge in [-0.3, -0.25) is 0 Å². The van der Waals surface area contributed by atoms with Crippen molar-refractivity contribution < 1.29 is 0 Å². The average molecular weight is 367 g/mol. The van der Waals surface area contributed by atoms with Gasteiger partial charge >= 0.3 is 0 Å². The molecular formula is C23H30N2S. The van der Waals surface area contributed by atoms with Crippen LogP contribution in [0.1, 0.15) is 36.3 Å². The van der Waals surface area contributed by atoms with Crippen LogP contribution in [-0.4, -0.2) is 43.9 Å². The van der Waals surface area contributed by atoms with Crippen LogP contribution in [0.5, 0.6) is 0 Å². The maximum Gasteiger partial charge on any atom is 0.0110 e. The van der Waals surface area contributed by atoms with E-state index in [0.717, 1.165) is 6.54 Å². The van der Waals surface area contributed by atoms with Gasteiger partial charge < -0.3 is 10.2 Å². The standard InChI is InChI=1S/C23H30N2S/c1-24-17-20(19-7-3-2-4-8-19)11-14-25-15-12-23(13-16-25)18-26-22-10-6-5-9-21(22)23/h2-10,20,24H,11-18H2,1H3/t20-/m0/s1. The molecule has 1 spiro atoms. The van der Waals surface area contributed by atoms with Crippen LogP contribution in [0.2, 0.25) is 0 Å². The topological polar surface area (TPSA) is 15.3 Å². The van der Waals surface area contributed by atoms with Crippen molar-refractivity contribution in [3.05, 3.63) is 65.7 Å². The Morgan fingerprint density at radius 3 is 2.54 bits per heavy atom. The van der Waals surface area contributed by atoms with E-state index in [1.807, 2.05) is 0 Å². The fraction of sp³-hybridized carbons (Fsp3) is 0.478. The minimum atomic E-state index is 0.446. The zero-order chi connectivity index (χ0) is 17.8. The molecule has 138 valence electrons. The molecule has 1 fully saturated rings. The lowest BCUT2D eigenvalue weighted by atomic mass is 9.74. The summed E-state index contributed by atoms with van der Waals surface area (Å²) in [5, 5.41) is 3.38. The predicted octanol–water partition coefficient (Wildman–Crippen LogP) is 4.52. The number of likely N-dealkylation sites (tertiary alicyclic amines) is 1. The molecule has 3 heteroatoms. The molecule has 1 N–H and O–H groups in total. The Morgan fingerprint density at radius 2 is 1.77 bits per heavy atom. The molecule has 2 aliphatic rings. The van der Waals surface area contributed by atoms with Crippen LogP contribution >= 0.6 is 11.8 Å². The second-order valence-electron chi connectivity index (χ2n) is 7.86. The van der Waals surface area contributed by atoms with Crippen molar-refractivity contribution in [1.29, 1.82) is 0 Å². The Kier molecular flexibility index (Phi) is 5.68. The lowest BCUT2D eigenvalue weighted by Gasteiger charge is -2.40. The Labute approximate surface area is 162 Å². The van der Waals surface area contributed by atoms with Crippen LogP contribution in [0.3, 0.4) is 0 Å². The van der Waals surface area contributed by atoms with Gasteiger partial charge in [-0.2, -0.15) is 0 Å². The molecule has 2 aliphatic heterocycles. The Balaban J connectivity index is 1.34. The van der Waals surface area contributed by atoms with Crippen LogP contribution < -0.4 is 5.32 Å². The van der Waals surface area contributed by atoms with E-state index in [2.05, 4.69) is 83.6 Å². The minimum absolute atomic E-state index is 0.446. The summed E-state index contributed by atoms with van der Waals surface area (Å²) < 4.78 is 0. The van der Waals surface area contributed by atoms with Gasteiger partial charge in [0.15, 0.2) is 0 Å². The van der Waals surface area contributed by atoms with Crippen molar-refractivity contribution in [2.45, 2.75) is 35.5 Å². The van der Waals surface area contributed by atoms with Gasteiger partial charge in [0, 0.05) is 22.6 Å². The quantitative estimate of drug-likeness (QED) is 0.809. The van der Waals surface area contributed by atoms with Crippen LogP contribution in [0.4, 0.5) is 0 Å². The van der Waals surface area contributed by atoms with E-state index in [-0.39, 0.29) is 0 Å². The highest BCUT2D eigenvalue weighted by molar-refractivity contribution is 7.99. The van der Waals surface area contributed by atoms with Crippen LogP contribution in [-0.2, 0) is 5.41 Å². The molecule has 0 saturated carbocycles. The molecule has 1 atom stereocenters. The monoisotopic (exact) mass is 366 g/mol. The number of thioether (sulfide) groups is 1. The number of likely N-dealkylation sites (N-methyl/N-ethyl adjacent to an activating group) is 1. The zero-order valence-electron chi connectivity index (χ0n) is 15.8. The van der Waals surface area contributed by atoms with Crippen LogP contribution in [0, 0.1) is 0 Å². The molecule has 0 unspecified atom stereocenters. The lowest BCUT2D eigenvalue weighted by molar-refractivity contribution is 0.167. The summed E-state index contributed by atoms with van der Waals surface area (Å²) in [4.78, 5) is 4.22. The number of hydrogen-bond donors (Lipinski definition) is 1. The summed E-state index contributed by atoms with van der Waals surface area (Å²) in [7, 11) is 2.07. The van der Waals surface area contributed by atoms with Crippen LogP contribution in [0.25, 0.3) is 0 Å². The van der Waals surface area contributed by atoms with Crippen LogP contribution in [0.15, 0.2) is 59.5 Å². The fourth-order valence-electron chi connectivity index (χ4n) is 4.64. The molecule has 2 aromatic carbocycles. The summed E-state index contributed by atoms with van der Waals surface area (Å²) in [5.74, 6) is 1.90. The first-order valence-corrected chi connectivity index (χ1v) is 10.9. The second-order valence-corrected chi connectivity index (χ2v) is 8.88. The molecule has 0 radical (unpaired) electrons. The number of nitrogens with zero attached hydrogens (tertiary/aromatic N) is 1. The highest BCUT2D eigenvalue weighted by Crippen LogP contribution is 2.49. The minimum Gasteiger partial charge on any atom is -0.319 e. The number of rotatable bonds is 6. The average Bonchev–Trinajstić information content (AvgIpc) is 3.06. The van der Waals surface area contributed by atoms with Gasteiger partial charge in [0.2, 0.25) is 0 Å². The molecule has 4 rings (SSSR count). The fourth-order valence-corrected chi connectivity index (χ4v) is 6.13. The van der Waals surface area contributed by atoms with E-state index < -0.39 is 0 Å². The number of benzene rings is 2. The molecule has 0 bridgehead atoms.